The zero-order valence-corrected chi connectivity index (χ0v) is 11.3. The predicted octanol–water partition coefficient (Wildman–Crippen LogP) is 0.447. The number of carbonyl (C=O) groups is 1. The Kier molecular flexibility index (Phi) is 3.87. The minimum Gasteiger partial charge on any atom is -0.360 e. The fraction of sp³-hybridized carbons (Fsp3) is 0.250. The fourth-order valence-electron chi connectivity index (χ4n) is 1.77. The van der Waals surface area contributed by atoms with Crippen molar-refractivity contribution in [3.8, 4) is 0 Å². The zero-order chi connectivity index (χ0) is 13.9. The molecule has 0 spiro atoms. The van der Waals surface area contributed by atoms with E-state index in [1.54, 1.807) is 6.20 Å². The number of aromatic nitrogens is 1. The van der Waals surface area contributed by atoms with Crippen LogP contribution < -0.4 is 10.0 Å². The lowest BCUT2D eigenvalue weighted by atomic mass is 10.1. The second kappa shape index (κ2) is 5.41. The Labute approximate surface area is 111 Å². The van der Waals surface area contributed by atoms with E-state index >= 15 is 0 Å². The average Bonchev–Trinajstić information content (AvgIpc) is 2.77. The van der Waals surface area contributed by atoms with Gasteiger partial charge in [0.1, 0.15) is 0 Å². The van der Waals surface area contributed by atoms with Crippen molar-refractivity contribution in [1.82, 2.24) is 15.0 Å². The van der Waals surface area contributed by atoms with Gasteiger partial charge in [-0.3, -0.25) is 4.79 Å². The number of H-pyrrole nitrogens is 1. The number of rotatable bonds is 5. The van der Waals surface area contributed by atoms with Crippen molar-refractivity contribution in [2.24, 2.45) is 0 Å². The minimum absolute atomic E-state index is 0.174. The van der Waals surface area contributed by atoms with Crippen molar-refractivity contribution in [3.05, 3.63) is 36.0 Å². The minimum atomic E-state index is -3.22. The van der Waals surface area contributed by atoms with Crippen molar-refractivity contribution >= 4 is 26.8 Å². The Hall–Kier alpha value is -1.86. The second-order valence-electron chi connectivity index (χ2n) is 4.17. The maximum Gasteiger partial charge on any atom is 0.253 e. The third-order valence-electron chi connectivity index (χ3n) is 2.61. The Morgan fingerprint density at radius 2 is 2.00 bits per heavy atom. The molecule has 0 saturated heterocycles. The highest BCUT2D eigenvalue weighted by Crippen LogP contribution is 2.17. The topological polar surface area (TPSA) is 91.1 Å². The van der Waals surface area contributed by atoms with Crippen LogP contribution in [0.15, 0.2) is 30.5 Å². The van der Waals surface area contributed by atoms with Gasteiger partial charge in [-0.2, -0.15) is 0 Å². The largest absolute Gasteiger partial charge is 0.360 e. The highest BCUT2D eigenvalue weighted by molar-refractivity contribution is 7.88. The number of aromatic amines is 1. The van der Waals surface area contributed by atoms with E-state index in [0.717, 1.165) is 17.2 Å². The smallest absolute Gasteiger partial charge is 0.253 e. The second-order valence-corrected chi connectivity index (χ2v) is 6.00. The molecule has 0 aliphatic carbocycles. The van der Waals surface area contributed by atoms with E-state index < -0.39 is 10.0 Å². The van der Waals surface area contributed by atoms with Crippen LogP contribution in [-0.2, 0) is 10.0 Å². The number of hydrogen-bond acceptors (Lipinski definition) is 3. The third-order valence-corrected chi connectivity index (χ3v) is 3.34. The molecule has 3 N–H and O–H groups in total. The molecular formula is C12H15N3O3S. The van der Waals surface area contributed by atoms with E-state index in [4.69, 9.17) is 0 Å². The van der Waals surface area contributed by atoms with Crippen LogP contribution in [0.25, 0.3) is 10.9 Å². The van der Waals surface area contributed by atoms with Gasteiger partial charge in [0.15, 0.2) is 0 Å². The van der Waals surface area contributed by atoms with Gasteiger partial charge in [-0.05, 0) is 6.07 Å². The number of para-hydroxylation sites is 1. The van der Waals surface area contributed by atoms with E-state index in [2.05, 4.69) is 15.0 Å². The van der Waals surface area contributed by atoms with Crippen LogP contribution in [0.5, 0.6) is 0 Å². The first-order valence-electron chi connectivity index (χ1n) is 5.76. The molecule has 0 unspecified atom stereocenters. The summed E-state index contributed by atoms with van der Waals surface area (Å²) >= 11 is 0. The first kappa shape index (κ1) is 13.6. The molecule has 102 valence electrons. The molecule has 1 aromatic carbocycles. The molecule has 0 aliphatic heterocycles. The van der Waals surface area contributed by atoms with Crippen LogP contribution in [0, 0.1) is 0 Å². The molecule has 2 aromatic rings. The van der Waals surface area contributed by atoms with Gasteiger partial charge in [0.05, 0.1) is 11.8 Å². The number of nitrogens with one attached hydrogen (secondary N) is 3. The zero-order valence-electron chi connectivity index (χ0n) is 10.4. The summed E-state index contributed by atoms with van der Waals surface area (Å²) in [6, 6.07) is 7.49. The van der Waals surface area contributed by atoms with Gasteiger partial charge in [-0.25, -0.2) is 13.1 Å². The van der Waals surface area contributed by atoms with Gasteiger partial charge in [0.25, 0.3) is 5.91 Å². The number of benzene rings is 1. The summed E-state index contributed by atoms with van der Waals surface area (Å²) in [4.78, 5) is 14.9. The highest BCUT2D eigenvalue weighted by atomic mass is 32.2. The lowest BCUT2D eigenvalue weighted by Crippen LogP contribution is -2.34. The van der Waals surface area contributed by atoms with Gasteiger partial charge < -0.3 is 10.3 Å². The van der Waals surface area contributed by atoms with Crippen molar-refractivity contribution in [2.75, 3.05) is 19.3 Å². The van der Waals surface area contributed by atoms with Gasteiger partial charge in [0.2, 0.25) is 10.0 Å². The summed E-state index contributed by atoms with van der Waals surface area (Å²) in [5, 5.41) is 3.51. The molecule has 7 heteroatoms. The molecular weight excluding hydrogens is 266 g/mol. The van der Waals surface area contributed by atoms with Gasteiger partial charge >= 0.3 is 0 Å². The molecule has 0 aliphatic rings. The lowest BCUT2D eigenvalue weighted by Gasteiger charge is -2.04. The first-order chi connectivity index (χ1) is 8.97. The molecule has 6 nitrogen and oxygen atoms in total. The SMILES string of the molecule is CS(=O)(=O)NCCNC(=O)c1c[nH]c2ccccc12. The Bertz CT molecular complexity index is 691. The normalized spacial score (nSPS) is 11.6. The molecule has 0 saturated carbocycles. The number of carbonyl (C=O) groups excluding carboxylic acids is 1. The van der Waals surface area contributed by atoms with Crippen LogP contribution in [0.3, 0.4) is 0 Å². The highest BCUT2D eigenvalue weighted by Gasteiger charge is 2.10. The van der Waals surface area contributed by atoms with Crippen molar-refractivity contribution in [1.29, 1.82) is 0 Å². The monoisotopic (exact) mass is 281 g/mol. The van der Waals surface area contributed by atoms with E-state index in [9.17, 15) is 13.2 Å². The standard InChI is InChI=1S/C12H15N3O3S/c1-19(17,18)15-7-6-13-12(16)10-8-14-11-5-3-2-4-9(10)11/h2-5,8,14-15H,6-7H2,1H3,(H,13,16). The van der Waals surface area contributed by atoms with Crippen LogP contribution in [0.2, 0.25) is 0 Å². The predicted molar refractivity (Wildman–Crippen MR) is 73.5 cm³/mol. The van der Waals surface area contributed by atoms with Gasteiger partial charge in [0, 0.05) is 30.2 Å². The van der Waals surface area contributed by atoms with Crippen LogP contribution in [-0.4, -0.2) is 38.7 Å². The molecule has 0 fully saturated rings. The van der Waals surface area contributed by atoms with Gasteiger partial charge in [-0.1, -0.05) is 18.2 Å². The Balaban J connectivity index is 1.97. The number of fused-ring (bicyclic) bond motifs is 1. The summed E-state index contributed by atoms with van der Waals surface area (Å²) in [5.74, 6) is -0.229. The van der Waals surface area contributed by atoms with Crippen LogP contribution >= 0.6 is 0 Å². The molecule has 1 aromatic heterocycles. The number of hydrogen-bond donors (Lipinski definition) is 3. The summed E-state index contributed by atoms with van der Waals surface area (Å²) in [6.07, 6.45) is 2.72. The van der Waals surface area contributed by atoms with E-state index in [-0.39, 0.29) is 19.0 Å². The number of sulfonamides is 1. The maximum atomic E-state index is 11.9. The molecule has 19 heavy (non-hydrogen) atoms. The summed E-state index contributed by atoms with van der Waals surface area (Å²) in [7, 11) is -3.22. The van der Waals surface area contributed by atoms with Crippen molar-refractivity contribution in [3.63, 3.8) is 0 Å². The average molecular weight is 281 g/mol. The summed E-state index contributed by atoms with van der Waals surface area (Å²) in [5.41, 5.74) is 1.44. The maximum absolute atomic E-state index is 11.9. The molecule has 1 heterocycles. The molecule has 0 radical (unpaired) electrons. The molecule has 2 rings (SSSR count). The summed E-state index contributed by atoms with van der Waals surface area (Å²) in [6.45, 7) is 0.415. The van der Waals surface area contributed by atoms with E-state index in [0.29, 0.717) is 5.56 Å². The van der Waals surface area contributed by atoms with Gasteiger partial charge in [-0.15, -0.1) is 0 Å². The molecule has 1 amide bonds. The Morgan fingerprint density at radius 1 is 1.26 bits per heavy atom. The van der Waals surface area contributed by atoms with Crippen LogP contribution in [0.1, 0.15) is 10.4 Å². The van der Waals surface area contributed by atoms with E-state index in [1.165, 1.54) is 0 Å². The lowest BCUT2D eigenvalue weighted by molar-refractivity contribution is 0.0956. The van der Waals surface area contributed by atoms with Crippen molar-refractivity contribution in [2.45, 2.75) is 0 Å². The van der Waals surface area contributed by atoms with E-state index in [1.807, 2.05) is 24.3 Å². The molecule has 0 atom stereocenters. The molecule has 0 bridgehead atoms. The van der Waals surface area contributed by atoms with Crippen LogP contribution in [0.4, 0.5) is 0 Å². The fourth-order valence-corrected chi connectivity index (χ4v) is 2.24. The summed E-state index contributed by atoms with van der Waals surface area (Å²) < 4.78 is 24.0. The quantitative estimate of drug-likeness (QED) is 0.695. The Morgan fingerprint density at radius 3 is 2.74 bits per heavy atom. The van der Waals surface area contributed by atoms with Crippen molar-refractivity contribution < 1.29 is 13.2 Å². The third kappa shape index (κ3) is 3.55. The number of amides is 1. The first-order valence-corrected chi connectivity index (χ1v) is 7.65.